The number of hydrogen-bond acceptors (Lipinski definition) is 2. The molecular formula is C10H11ClN2O. The molecule has 3 nitrogen and oxygen atoms in total. The number of halogens is 1. The minimum atomic E-state index is -0.253. The molecule has 1 aromatic rings. The van der Waals surface area contributed by atoms with Gasteiger partial charge in [-0.05, 0) is 24.6 Å². The van der Waals surface area contributed by atoms with Gasteiger partial charge in [0.1, 0.15) is 0 Å². The predicted octanol–water partition coefficient (Wildman–Crippen LogP) is 2.47. The van der Waals surface area contributed by atoms with Crippen LogP contribution in [0.1, 0.15) is 23.7 Å². The maximum atomic E-state index is 11.4. The van der Waals surface area contributed by atoms with Crippen molar-refractivity contribution in [2.24, 2.45) is 5.10 Å². The van der Waals surface area contributed by atoms with Crippen molar-refractivity contribution in [3.63, 3.8) is 0 Å². The van der Waals surface area contributed by atoms with E-state index in [0.29, 0.717) is 10.6 Å². The summed E-state index contributed by atoms with van der Waals surface area (Å²) in [6, 6.07) is 6.72. The summed E-state index contributed by atoms with van der Waals surface area (Å²) >= 11 is 5.73. The summed E-state index contributed by atoms with van der Waals surface area (Å²) in [5.74, 6) is -0.253. The van der Waals surface area contributed by atoms with Gasteiger partial charge in [-0.15, -0.1) is 0 Å². The van der Waals surface area contributed by atoms with Crippen LogP contribution in [0.15, 0.2) is 29.4 Å². The molecule has 0 heterocycles. The highest BCUT2D eigenvalue weighted by atomic mass is 35.5. The Morgan fingerprint density at radius 1 is 1.64 bits per heavy atom. The van der Waals surface area contributed by atoms with Crippen molar-refractivity contribution in [3.05, 3.63) is 34.9 Å². The molecule has 0 saturated heterocycles. The van der Waals surface area contributed by atoms with Crippen LogP contribution in [0.4, 0.5) is 0 Å². The van der Waals surface area contributed by atoms with E-state index in [1.165, 1.54) is 0 Å². The smallest absolute Gasteiger partial charge is 0.267 e. The van der Waals surface area contributed by atoms with Crippen molar-refractivity contribution >= 4 is 23.7 Å². The third-order valence-corrected chi connectivity index (χ3v) is 1.76. The van der Waals surface area contributed by atoms with Crippen molar-refractivity contribution in [2.75, 3.05) is 0 Å². The molecule has 0 aliphatic carbocycles. The minimum Gasteiger partial charge on any atom is -0.267 e. The van der Waals surface area contributed by atoms with E-state index in [9.17, 15) is 4.79 Å². The molecule has 0 atom stereocenters. The summed E-state index contributed by atoms with van der Waals surface area (Å²) in [5, 5.41) is 4.27. The molecule has 0 aliphatic rings. The van der Waals surface area contributed by atoms with Crippen molar-refractivity contribution in [1.29, 1.82) is 0 Å². The molecule has 1 rings (SSSR count). The maximum absolute atomic E-state index is 11.4. The summed E-state index contributed by atoms with van der Waals surface area (Å²) in [6.45, 7) is 1.94. The van der Waals surface area contributed by atoms with E-state index in [0.717, 1.165) is 6.42 Å². The molecule has 4 heteroatoms. The molecule has 1 amide bonds. The number of amides is 1. The fraction of sp³-hybridized carbons (Fsp3) is 0.200. The van der Waals surface area contributed by atoms with Gasteiger partial charge in [0.05, 0.1) is 0 Å². The van der Waals surface area contributed by atoms with Gasteiger partial charge in [-0.3, -0.25) is 4.79 Å². The van der Waals surface area contributed by atoms with Crippen molar-refractivity contribution in [1.82, 2.24) is 5.43 Å². The number of hydrogen-bond donors (Lipinski definition) is 1. The molecule has 0 spiro atoms. The average Bonchev–Trinajstić information content (AvgIpc) is 2.18. The summed E-state index contributed by atoms with van der Waals surface area (Å²) in [6.07, 6.45) is 2.41. The Labute approximate surface area is 87.8 Å². The first-order valence-electron chi connectivity index (χ1n) is 4.31. The third kappa shape index (κ3) is 3.18. The number of nitrogens with zero attached hydrogens (tertiary/aromatic N) is 1. The average molecular weight is 211 g/mol. The molecular weight excluding hydrogens is 200 g/mol. The fourth-order valence-electron chi connectivity index (χ4n) is 0.890. The lowest BCUT2D eigenvalue weighted by Gasteiger charge is -1.99. The first kappa shape index (κ1) is 10.7. The quantitative estimate of drug-likeness (QED) is 0.604. The topological polar surface area (TPSA) is 41.5 Å². The van der Waals surface area contributed by atoms with Crippen LogP contribution >= 0.6 is 11.6 Å². The zero-order valence-electron chi connectivity index (χ0n) is 7.83. The normalized spacial score (nSPS) is 10.4. The summed E-state index contributed by atoms with van der Waals surface area (Å²) < 4.78 is 0. The van der Waals surface area contributed by atoms with Crippen molar-refractivity contribution in [3.8, 4) is 0 Å². The second-order valence-electron chi connectivity index (χ2n) is 2.67. The van der Waals surface area contributed by atoms with Gasteiger partial charge in [0, 0.05) is 16.8 Å². The summed E-state index contributed by atoms with van der Waals surface area (Å²) in [5.41, 5.74) is 2.90. The van der Waals surface area contributed by atoms with Crippen LogP contribution < -0.4 is 5.43 Å². The SMILES string of the molecule is CC/C=N\NC(=O)c1cccc(Cl)c1. The van der Waals surface area contributed by atoms with Crippen LogP contribution in [0.25, 0.3) is 0 Å². The van der Waals surface area contributed by atoms with Gasteiger partial charge in [-0.25, -0.2) is 5.43 Å². The zero-order chi connectivity index (χ0) is 10.4. The van der Waals surface area contributed by atoms with E-state index >= 15 is 0 Å². The molecule has 0 fully saturated rings. The number of carbonyl (C=O) groups excluding carboxylic acids is 1. The second-order valence-corrected chi connectivity index (χ2v) is 3.11. The lowest BCUT2D eigenvalue weighted by Crippen LogP contribution is -2.17. The van der Waals surface area contributed by atoms with E-state index < -0.39 is 0 Å². The van der Waals surface area contributed by atoms with Crippen LogP contribution in [0.2, 0.25) is 5.02 Å². The summed E-state index contributed by atoms with van der Waals surface area (Å²) in [4.78, 5) is 11.4. The van der Waals surface area contributed by atoms with Gasteiger partial charge >= 0.3 is 0 Å². The molecule has 0 aliphatic heterocycles. The monoisotopic (exact) mass is 210 g/mol. The highest BCUT2D eigenvalue weighted by Crippen LogP contribution is 2.10. The van der Waals surface area contributed by atoms with Crippen LogP contribution in [0.5, 0.6) is 0 Å². The molecule has 0 unspecified atom stereocenters. The van der Waals surface area contributed by atoms with Gasteiger partial charge < -0.3 is 0 Å². The molecule has 14 heavy (non-hydrogen) atoms. The predicted molar refractivity (Wildman–Crippen MR) is 57.7 cm³/mol. The zero-order valence-corrected chi connectivity index (χ0v) is 8.58. The molecule has 74 valence electrons. The highest BCUT2D eigenvalue weighted by molar-refractivity contribution is 6.30. The largest absolute Gasteiger partial charge is 0.271 e. The second kappa shape index (κ2) is 5.40. The number of nitrogens with one attached hydrogen (secondary N) is 1. The molecule has 0 saturated carbocycles. The van der Waals surface area contributed by atoms with E-state index in [1.807, 2.05) is 6.92 Å². The lowest BCUT2D eigenvalue weighted by molar-refractivity contribution is 0.0955. The number of rotatable bonds is 3. The molecule has 0 bridgehead atoms. The Bertz CT molecular complexity index is 350. The van der Waals surface area contributed by atoms with Crippen LogP contribution in [-0.2, 0) is 0 Å². The molecule has 1 N–H and O–H groups in total. The standard InChI is InChI=1S/C10H11ClN2O/c1-2-6-12-13-10(14)8-4-3-5-9(11)7-8/h3-7H,2H2,1H3,(H,13,14)/b12-6-. The van der Waals surface area contributed by atoms with Gasteiger partial charge in [-0.2, -0.15) is 5.10 Å². The number of hydrazone groups is 1. The lowest BCUT2D eigenvalue weighted by atomic mass is 10.2. The first-order valence-corrected chi connectivity index (χ1v) is 4.69. The van der Waals surface area contributed by atoms with E-state index in [1.54, 1.807) is 30.5 Å². The Morgan fingerprint density at radius 3 is 3.07 bits per heavy atom. The Balaban J connectivity index is 2.65. The van der Waals surface area contributed by atoms with E-state index in [2.05, 4.69) is 10.5 Å². The summed E-state index contributed by atoms with van der Waals surface area (Å²) in [7, 11) is 0. The Morgan fingerprint density at radius 2 is 2.43 bits per heavy atom. The van der Waals surface area contributed by atoms with Gasteiger partial charge in [0.15, 0.2) is 0 Å². The Hall–Kier alpha value is -1.35. The van der Waals surface area contributed by atoms with Gasteiger partial charge in [-0.1, -0.05) is 24.6 Å². The first-order chi connectivity index (χ1) is 6.74. The van der Waals surface area contributed by atoms with Crippen molar-refractivity contribution in [2.45, 2.75) is 13.3 Å². The minimum absolute atomic E-state index is 0.253. The third-order valence-electron chi connectivity index (χ3n) is 1.53. The Kier molecular flexibility index (Phi) is 4.13. The molecule has 0 aromatic heterocycles. The maximum Gasteiger partial charge on any atom is 0.271 e. The number of carbonyl (C=O) groups is 1. The van der Waals surface area contributed by atoms with E-state index in [-0.39, 0.29) is 5.91 Å². The van der Waals surface area contributed by atoms with Gasteiger partial charge in [0.2, 0.25) is 0 Å². The number of benzene rings is 1. The van der Waals surface area contributed by atoms with Crippen LogP contribution in [-0.4, -0.2) is 12.1 Å². The van der Waals surface area contributed by atoms with E-state index in [4.69, 9.17) is 11.6 Å². The molecule has 1 aromatic carbocycles. The fourth-order valence-corrected chi connectivity index (χ4v) is 1.08. The van der Waals surface area contributed by atoms with Crippen LogP contribution in [0.3, 0.4) is 0 Å². The van der Waals surface area contributed by atoms with Crippen molar-refractivity contribution < 1.29 is 4.79 Å². The van der Waals surface area contributed by atoms with Crippen LogP contribution in [0, 0.1) is 0 Å². The molecule has 0 radical (unpaired) electrons. The highest BCUT2D eigenvalue weighted by Gasteiger charge is 2.03. The van der Waals surface area contributed by atoms with Gasteiger partial charge in [0.25, 0.3) is 5.91 Å².